The molecule has 0 aromatic rings. The fourth-order valence-corrected chi connectivity index (χ4v) is 0. The number of carboxylic acid groups (broad SMARTS) is 2. The van der Waals surface area contributed by atoms with Crippen molar-refractivity contribution in [3.05, 3.63) is 0 Å². The fourth-order valence-electron chi connectivity index (χ4n) is 0. The van der Waals surface area contributed by atoms with Gasteiger partial charge in [0.2, 0.25) is 0 Å². The zero-order valence-electron chi connectivity index (χ0n) is 2.12. The molecule has 0 fully saturated rings. The van der Waals surface area contributed by atoms with Crippen LogP contribution in [0, 0.1) is 0 Å². The van der Waals surface area contributed by atoms with Gasteiger partial charge in [-0.05, 0) is 0 Å². The van der Waals surface area contributed by atoms with E-state index < -0.39 is 6.16 Å². The van der Waals surface area contributed by atoms with Crippen molar-refractivity contribution < 1.29 is 31.5 Å². The van der Waals surface area contributed by atoms with Crippen molar-refractivity contribution >= 4 is 55.0 Å². The Balaban J connectivity index is -0.0000000450. The SMILES string of the molecule is O=C(O)O.[BaH2].[Ni]. The van der Waals surface area contributed by atoms with Gasteiger partial charge in [0.15, 0.2) is 0 Å². The summed E-state index contributed by atoms with van der Waals surface area (Å²) in [5.74, 6) is 0. The smallest absolute Gasteiger partial charge is 0 e. The van der Waals surface area contributed by atoms with Gasteiger partial charge in [-0.25, -0.2) is 4.79 Å². The third-order valence-corrected chi connectivity index (χ3v) is 0. The molecular weight excluding hydrogens is 256 g/mol. The van der Waals surface area contributed by atoms with Gasteiger partial charge in [-0.2, -0.15) is 0 Å². The van der Waals surface area contributed by atoms with Crippen molar-refractivity contribution in [1.82, 2.24) is 0 Å². The second-order valence-electron chi connectivity index (χ2n) is 0.283. The van der Waals surface area contributed by atoms with Gasteiger partial charge in [0, 0.05) is 16.5 Å². The van der Waals surface area contributed by atoms with Gasteiger partial charge in [-0.3, -0.25) is 0 Å². The molecule has 0 atom stereocenters. The Hall–Kier alpha value is 1.33. The predicted molar refractivity (Wildman–Crippen MR) is 19.2 cm³/mol. The first-order valence-electron chi connectivity index (χ1n) is 0.651. The van der Waals surface area contributed by atoms with Crippen molar-refractivity contribution in [3.63, 3.8) is 0 Å². The van der Waals surface area contributed by atoms with E-state index in [0.29, 0.717) is 0 Å². The van der Waals surface area contributed by atoms with Crippen LogP contribution in [-0.4, -0.2) is 65.2 Å². The molecule has 0 spiro atoms. The van der Waals surface area contributed by atoms with Gasteiger partial charge in [-0.15, -0.1) is 0 Å². The van der Waals surface area contributed by atoms with Gasteiger partial charge >= 0.3 is 55.0 Å². The second kappa shape index (κ2) is 9.59. The monoisotopic (exact) mass is 260 g/mol. The van der Waals surface area contributed by atoms with E-state index in [1.807, 2.05) is 0 Å². The minimum Gasteiger partial charge on any atom is 0 e. The summed E-state index contributed by atoms with van der Waals surface area (Å²) in [6.45, 7) is 0. The molecule has 0 saturated carbocycles. The normalized spacial score (nSPS) is 4.00. The van der Waals surface area contributed by atoms with E-state index in [4.69, 9.17) is 15.0 Å². The van der Waals surface area contributed by atoms with Gasteiger partial charge in [0.25, 0.3) is 0 Å². The molecule has 0 aromatic heterocycles. The zero-order valence-corrected chi connectivity index (χ0v) is 3.11. The molecule has 0 heterocycles. The molecule has 6 heavy (non-hydrogen) atoms. The van der Waals surface area contributed by atoms with Crippen LogP contribution in [0.15, 0.2) is 0 Å². The molecule has 38 valence electrons. The number of carbonyl (C=O) groups is 1. The summed E-state index contributed by atoms with van der Waals surface area (Å²) in [6, 6.07) is 0. The predicted octanol–water partition coefficient (Wildman–Crippen LogP) is -0.696. The summed E-state index contributed by atoms with van der Waals surface area (Å²) in [6.07, 6.45) is -1.83. The van der Waals surface area contributed by atoms with Gasteiger partial charge in [-0.1, -0.05) is 0 Å². The van der Waals surface area contributed by atoms with Crippen LogP contribution < -0.4 is 0 Å². The Morgan fingerprint density at radius 2 is 1.33 bits per heavy atom. The molecule has 0 bridgehead atoms. The molecule has 5 heteroatoms. The summed E-state index contributed by atoms with van der Waals surface area (Å²) in [4.78, 5) is 8.56. The molecule has 2 N–H and O–H groups in total. The average molecular weight is 260 g/mol. The maximum absolute atomic E-state index is 8.56. The molecule has 0 aliphatic heterocycles. The van der Waals surface area contributed by atoms with Crippen molar-refractivity contribution in [1.29, 1.82) is 0 Å². The minimum absolute atomic E-state index is 0. The van der Waals surface area contributed by atoms with E-state index in [1.54, 1.807) is 0 Å². The Bertz CT molecular complexity index is 33.8. The number of hydrogen-bond donors (Lipinski definition) is 2. The number of rotatable bonds is 0. The number of hydrogen-bond acceptors (Lipinski definition) is 1. The van der Waals surface area contributed by atoms with Crippen LogP contribution in [0.2, 0.25) is 0 Å². The Kier molecular flexibility index (Phi) is 25.0. The summed E-state index contributed by atoms with van der Waals surface area (Å²) < 4.78 is 0. The van der Waals surface area contributed by atoms with Crippen LogP contribution in [0.5, 0.6) is 0 Å². The zero-order chi connectivity index (χ0) is 3.58. The van der Waals surface area contributed by atoms with Crippen molar-refractivity contribution in [2.45, 2.75) is 0 Å². The van der Waals surface area contributed by atoms with Crippen LogP contribution in [0.4, 0.5) is 4.79 Å². The second-order valence-corrected chi connectivity index (χ2v) is 0.283. The Morgan fingerprint density at radius 3 is 1.33 bits per heavy atom. The molecule has 0 unspecified atom stereocenters. The van der Waals surface area contributed by atoms with E-state index in [2.05, 4.69) is 0 Å². The summed E-state index contributed by atoms with van der Waals surface area (Å²) in [5.41, 5.74) is 0. The molecule has 0 saturated heterocycles. The Morgan fingerprint density at radius 1 is 1.33 bits per heavy atom. The first kappa shape index (κ1) is 15.7. The molecule has 0 amide bonds. The summed E-state index contributed by atoms with van der Waals surface area (Å²) in [7, 11) is 0. The maximum atomic E-state index is 8.56. The topological polar surface area (TPSA) is 57.5 Å². The van der Waals surface area contributed by atoms with E-state index in [0.717, 1.165) is 0 Å². The van der Waals surface area contributed by atoms with Crippen molar-refractivity contribution in [3.8, 4) is 0 Å². The average Bonchev–Trinajstić information content (AvgIpc) is 0.811. The summed E-state index contributed by atoms with van der Waals surface area (Å²) in [5, 5.41) is 13.9. The fraction of sp³-hybridized carbons (Fsp3) is 0. The van der Waals surface area contributed by atoms with Crippen LogP contribution in [0.25, 0.3) is 0 Å². The van der Waals surface area contributed by atoms with E-state index in [9.17, 15) is 0 Å². The van der Waals surface area contributed by atoms with Crippen LogP contribution in [0.1, 0.15) is 0 Å². The maximum Gasteiger partial charge on any atom is 0 e. The molecule has 0 aromatic carbocycles. The molecule has 0 aliphatic carbocycles. The molecule has 0 rings (SSSR count). The largest absolute Gasteiger partial charge is 0 e. The van der Waals surface area contributed by atoms with Crippen LogP contribution >= 0.6 is 0 Å². The molecule has 0 radical (unpaired) electrons. The van der Waals surface area contributed by atoms with Crippen molar-refractivity contribution in [2.24, 2.45) is 0 Å². The Labute approximate surface area is 85.1 Å². The van der Waals surface area contributed by atoms with Gasteiger partial charge < -0.3 is 10.2 Å². The third-order valence-electron chi connectivity index (χ3n) is 0. The minimum atomic E-state index is -1.83. The molecule has 0 aliphatic rings. The first-order chi connectivity index (χ1) is 1.73. The van der Waals surface area contributed by atoms with Crippen molar-refractivity contribution in [2.75, 3.05) is 0 Å². The van der Waals surface area contributed by atoms with Gasteiger partial charge in [0.1, 0.15) is 0 Å². The van der Waals surface area contributed by atoms with E-state index in [-0.39, 0.29) is 65.4 Å². The van der Waals surface area contributed by atoms with Crippen LogP contribution in [-0.2, 0) is 16.5 Å². The molecule has 3 nitrogen and oxygen atoms in total. The van der Waals surface area contributed by atoms with E-state index >= 15 is 0 Å². The summed E-state index contributed by atoms with van der Waals surface area (Å²) >= 11 is 0. The van der Waals surface area contributed by atoms with E-state index in [1.165, 1.54) is 0 Å². The first-order valence-corrected chi connectivity index (χ1v) is 0.651. The van der Waals surface area contributed by atoms with Crippen LogP contribution in [0.3, 0.4) is 0 Å². The van der Waals surface area contributed by atoms with Gasteiger partial charge in [0.05, 0.1) is 0 Å². The standard InChI is InChI=1S/CH2O3.Ba.Ni.2H/c2-1(3)4;;;;/h(H2,2,3,4);;;;. The molecular formula is CH4BaNiO3. The third kappa shape index (κ3) is 56.3. The quantitative estimate of drug-likeness (QED) is 0.566.